The standard InChI is InChI=1S/C18H18N2O5/c21-17(19-11-10-14-6-2-1-3-7-14)13-25-18(22)12-15-8-4-5-9-16(15)20(23)24/h1-9H,10-13H2,(H,19,21). The fraction of sp³-hybridized carbons (Fsp3) is 0.222. The molecule has 7 nitrogen and oxygen atoms in total. The van der Waals surface area contributed by atoms with Crippen LogP contribution in [0.1, 0.15) is 11.1 Å². The molecule has 0 fully saturated rings. The molecule has 0 saturated heterocycles. The topological polar surface area (TPSA) is 98.5 Å². The molecule has 0 radical (unpaired) electrons. The maximum atomic E-state index is 11.8. The predicted octanol–water partition coefficient (Wildman–Crippen LogP) is 2.04. The second kappa shape index (κ2) is 9.17. The van der Waals surface area contributed by atoms with Crippen molar-refractivity contribution in [3.05, 3.63) is 75.8 Å². The molecule has 1 N–H and O–H groups in total. The van der Waals surface area contributed by atoms with Crippen LogP contribution in [-0.2, 0) is 27.2 Å². The van der Waals surface area contributed by atoms with Gasteiger partial charge in [-0.3, -0.25) is 19.7 Å². The number of esters is 1. The van der Waals surface area contributed by atoms with Crippen LogP contribution in [0.2, 0.25) is 0 Å². The molecule has 2 aromatic carbocycles. The number of nitro benzene ring substituents is 1. The smallest absolute Gasteiger partial charge is 0.311 e. The zero-order valence-electron chi connectivity index (χ0n) is 13.5. The van der Waals surface area contributed by atoms with Crippen LogP contribution in [0.4, 0.5) is 5.69 Å². The van der Waals surface area contributed by atoms with Crippen molar-refractivity contribution < 1.29 is 19.2 Å². The normalized spacial score (nSPS) is 10.1. The minimum atomic E-state index is -0.687. The number of hydrogen-bond acceptors (Lipinski definition) is 5. The van der Waals surface area contributed by atoms with Crippen LogP contribution in [0.25, 0.3) is 0 Å². The summed E-state index contributed by atoms with van der Waals surface area (Å²) in [5.74, 6) is -1.10. The summed E-state index contributed by atoms with van der Waals surface area (Å²) >= 11 is 0. The first kappa shape index (κ1) is 18.1. The van der Waals surface area contributed by atoms with E-state index in [2.05, 4.69) is 5.32 Å². The van der Waals surface area contributed by atoms with Gasteiger partial charge in [0.2, 0.25) is 0 Å². The Hall–Kier alpha value is -3.22. The molecule has 130 valence electrons. The van der Waals surface area contributed by atoms with Crippen molar-refractivity contribution in [1.82, 2.24) is 5.32 Å². The highest BCUT2D eigenvalue weighted by Crippen LogP contribution is 2.18. The average molecular weight is 342 g/mol. The van der Waals surface area contributed by atoms with Gasteiger partial charge in [-0.05, 0) is 12.0 Å². The lowest BCUT2D eigenvalue weighted by atomic mass is 10.1. The van der Waals surface area contributed by atoms with Crippen LogP contribution in [0.15, 0.2) is 54.6 Å². The highest BCUT2D eigenvalue weighted by Gasteiger charge is 2.16. The van der Waals surface area contributed by atoms with Crippen molar-refractivity contribution in [3.63, 3.8) is 0 Å². The molecule has 0 aliphatic heterocycles. The monoisotopic (exact) mass is 342 g/mol. The second-order valence-corrected chi connectivity index (χ2v) is 5.31. The molecule has 0 aromatic heterocycles. The first-order valence-electron chi connectivity index (χ1n) is 7.75. The Balaban J connectivity index is 1.73. The largest absolute Gasteiger partial charge is 0.455 e. The lowest BCUT2D eigenvalue weighted by molar-refractivity contribution is -0.385. The molecular weight excluding hydrogens is 324 g/mol. The van der Waals surface area contributed by atoms with Gasteiger partial charge < -0.3 is 10.1 Å². The number of nitro groups is 1. The van der Waals surface area contributed by atoms with Gasteiger partial charge in [0.1, 0.15) is 0 Å². The number of nitrogens with zero attached hydrogens (tertiary/aromatic N) is 1. The summed E-state index contributed by atoms with van der Waals surface area (Å²) < 4.78 is 4.87. The number of nitrogens with one attached hydrogen (secondary N) is 1. The quantitative estimate of drug-likeness (QED) is 0.450. The third-order valence-electron chi connectivity index (χ3n) is 3.47. The molecule has 0 heterocycles. The van der Waals surface area contributed by atoms with Gasteiger partial charge in [-0.25, -0.2) is 0 Å². The van der Waals surface area contributed by atoms with Crippen LogP contribution < -0.4 is 5.32 Å². The van der Waals surface area contributed by atoms with Gasteiger partial charge in [0, 0.05) is 18.2 Å². The number of carbonyl (C=O) groups is 2. The van der Waals surface area contributed by atoms with Gasteiger partial charge in [0.05, 0.1) is 11.3 Å². The number of hydrogen-bond donors (Lipinski definition) is 1. The van der Waals surface area contributed by atoms with Crippen LogP contribution in [-0.4, -0.2) is 30.0 Å². The number of carbonyl (C=O) groups excluding carboxylic acids is 2. The fourth-order valence-electron chi connectivity index (χ4n) is 2.23. The Labute approximate surface area is 144 Å². The van der Waals surface area contributed by atoms with E-state index in [1.165, 1.54) is 18.2 Å². The van der Waals surface area contributed by atoms with Crippen molar-refractivity contribution in [1.29, 1.82) is 0 Å². The second-order valence-electron chi connectivity index (χ2n) is 5.31. The Kier molecular flexibility index (Phi) is 6.65. The average Bonchev–Trinajstić information content (AvgIpc) is 2.61. The predicted molar refractivity (Wildman–Crippen MR) is 90.9 cm³/mol. The van der Waals surface area contributed by atoms with Crippen LogP contribution in [0, 0.1) is 10.1 Å². The minimum absolute atomic E-state index is 0.147. The molecule has 7 heteroatoms. The van der Waals surface area contributed by atoms with Crippen molar-refractivity contribution in [2.45, 2.75) is 12.8 Å². The lowest BCUT2D eigenvalue weighted by Crippen LogP contribution is -2.30. The number of benzene rings is 2. The summed E-state index contributed by atoms with van der Waals surface area (Å²) in [6, 6.07) is 15.6. The highest BCUT2D eigenvalue weighted by atomic mass is 16.6. The highest BCUT2D eigenvalue weighted by molar-refractivity contribution is 5.81. The van der Waals surface area contributed by atoms with Crippen LogP contribution in [0.3, 0.4) is 0 Å². The van der Waals surface area contributed by atoms with Crippen LogP contribution in [0.5, 0.6) is 0 Å². The Bertz CT molecular complexity index is 746. The summed E-state index contributed by atoms with van der Waals surface area (Å²) in [5, 5.41) is 13.5. The first-order chi connectivity index (χ1) is 12.1. The van der Waals surface area contributed by atoms with Crippen molar-refractivity contribution in [3.8, 4) is 0 Å². The molecule has 25 heavy (non-hydrogen) atoms. The summed E-state index contributed by atoms with van der Waals surface area (Å²) in [5.41, 5.74) is 1.20. The van der Waals surface area contributed by atoms with E-state index < -0.39 is 23.4 Å². The summed E-state index contributed by atoms with van der Waals surface area (Å²) in [6.45, 7) is 0.0266. The minimum Gasteiger partial charge on any atom is -0.455 e. The zero-order valence-corrected chi connectivity index (χ0v) is 13.5. The van der Waals surface area contributed by atoms with E-state index in [4.69, 9.17) is 4.74 Å². The molecule has 2 aromatic rings. The van der Waals surface area contributed by atoms with E-state index in [1.807, 2.05) is 30.3 Å². The first-order valence-corrected chi connectivity index (χ1v) is 7.75. The Morgan fingerprint density at radius 1 is 1.04 bits per heavy atom. The number of ether oxygens (including phenoxy) is 1. The third kappa shape index (κ3) is 6.06. The van der Waals surface area contributed by atoms with Gasteiger partial charge >= 0.3 is 5.97 Å². The van der Waals surface area contributed by atoms with Gasteiger partial charge in [0.15, 0.2) is 6.61 Å². The van der Waals surface area contributed by atoms with E-state index in [9.17, 15) is 19.7 Å². The molecule has 1 amide bonds. The van der Waals surface area contributed by atoms with Crippen molar-refractivity contribution in [2.75, 3.05) is 13.2 Å². The summed E-state index contributed by atoms with van der Waals surface area (Å²) in [4.78, 5) is 33.8. The molecule has 0 atom stereocenters. The van der Waals surface area contributed by atoms with E-state index in [0.717, 1.165) is 5.56 Å². The number of rotatable bonds is 8. The molecule has 2 rings (SSSR count). The van der Waals surface area contributed by atoms with Gasteiger partial charge in [0.25, 0.3) is 11.6 Å². The maximum Gasteiger partial charge on any atom is 0.311 e. The van der Waals surface area contributed by atoms with Crippen molar-refractivity contribution in [2.24, 2.45) is 0 Å². The number of para-hydroxylation sites is 1. The fourth-order valence-corrected chi connectivity index (χ4v) is 2.23. The van der Waals surface area contributed by atoms with Crippen molar-refractivity contribution >= 4 is 17.6 Å². The van der Waals surface area contributed by atoms with Gasteiger partial charge in [-0.15, -0.1) is 0 Å². The molecular formula is C18H18N2O5. The van der Waals surface area contributed by atoms with E-state index in [-0.39, 0.29) is 17.7 Å². The SMILES string of the molecule is O=C(COC(=O)Cc1ccccc1[N+](=O)[O-])NCCc1ccccc1. The Morgan fingerprint density at radius 3 is 2.44 bits per heavy atom. The van der Waals surface area contributed by atoms with Crippen LogP contribution >= 0.6 is 0 Å². The number of amides is 1. The van der Waals surface area contributed by atoms with E-state index in [0.29, 0.717) is 13.0 Å². The molecule has 0 saturated carbocycles. The summed E-state index contributed by atoms with van der Waals surface area (Å²) in [7, 11) is 0. The summed E-state index contributed by atoms with van der Waals surface area (Å²) in [6.07, 6.45) is 0.422. The molecule has 0 unspecified atom stereocenters. The zero-order chi connectivity index (χ0) is 18.1. The molecule has 0 spiro atoms. The van der Waals surface area contributed by atoms with Gasteiger partial charge in [-0.1, -0.05) is 48.5 Å². The van der Waals surface area contributed by atoms with Gasteiger partial charge in [-0.2, -0.15) is 0 Å². The molecule has 0 aliphatic carbocycles. The van der Waals surface area contributed by atoms with E-state index in [1.54, 1.807) is 6.07 Å². The maximum absolute atomic E-state index is 11.8. The molecule has 0 aliphatic rings. The third-order valence-corrected chi connectivity index (χ3v) is 3.47. The van der Waals surface area contributed by atoms with E-state index >= 15 is 0 Å². The lowest BCUT2D eigenvalue weighted by Gasteiger charge is -2.07. The molecule has 0 bridgehead atoms. The Morgan fingerprint density at radius 2 is 1.72 bits per heavy atom.